The Morgan fingerprint density at radius 2 is 1.75 bits per heavy atom. The highest BCUT2D eigenvalue weighted by atomic mass is 35.5. The van der Waals surface area contributed by atoms with E-state index >= 15 is 0 Å². The summed E-state index contributed by atoms with van der Waals surface area (Å²) in [5.74, 6) is -0.213. The van der Waals surface area contributed by atoms with Crippen molar-refractivity contribution < 1.29 is 9.59 Å². The van der Waals surface area contributed by atoms with Gasteiger partial charge in [-0.1, -0.05) is 11.6 Å². The molecule has 84 valence electrons. The molecule has 2 rings (SSSR count). The van der Waals surface area contributed by atoms with E-state index in [1.165, 1.54) is 9.80 Å². The quantitative estimate of drug-likeness (QED) is 0.704. The number of halogens is 1. The van der Waals surface area contributed by atoms with E-state index in [-0.39, 0.29) is 11.9 Å². The summed E-state index contributed by atoms with van der Waals surface area (Å²) in [6.45, 7) is 1.70. The van der Waals surface area contributed by atoms with Crippen LogP contribution in [0.2, 0.25) is 5.02 Å². The lowest BCUT2D eigenvalue weighted by molar-refractivity contribution is -0.119. The van der Waals surface area contributed by atoms with E-state index < -0.39 is 6.04 Å². The van der Waals surface area contributed by atoms with Crippen molar-refractivity contribution in [1.82, 2.24) is 4.90 Å². The molecular weight excluding hydrogens is 228 g/mol. The van der Waals surface area contributed by atoms with Crippen LogP contribution in [0, 0.1) is 0 Å². The van der Waals surface area contributed by atoms with Gasteiger partial charge in [-0.3, -0.25) is 4.79 Å². The fourth-order valence-corrected chi connectivity index (χ4v) is 1.72. The molecule has 1 unspecified atom stereocenters. The minimum atomic E-state index is -0.414. The SMILES string of the molecule is CC1C(=O)N(c2ccc(Cl)cc2)C(=O)N1C. The topological polar surface area (TPSA) is 40.6 Å². The Morgan fingerprint density at radius 1 is 1.19 bits per heavy atom. The second kappa shape index (κ2) is 3.79. The molecule has 0 N–H and O–H groups in total. The predicted molar refractivity (Wildman–Crippen MR) is 61.6 cm³/mol. The van der Waals surface area contributed by atoms with Crippen molar-refractivity contribution >= 4 is 29.2 Å². The third kappa shape index (κ3) is 1.55. The van der Waals surface area contributed by atoms with E-state index in [1.54, 1.807) is 38.2 Å². The minimum absolute atomic E-state index is 0.213. The zero-order valence-corrected chi connectivity index (χ0v) is 9.73. The average molecular weight is 239 g/mol. The van der Waals surface area contributed by atoms with Gasteiger partial charge < -0.3 is 4.90 Å². The Hall–Kier alpha value is -1.55. The Balaban J connectivity index is 2.38. The van der Waals surface area contributed by atoms with Gasteiger partial charge in [0.2, 0.25) is 0 Å². The number of likely N-dealkylation sites (N-methyl/N-ethyl adjacent to an activating group) is 1. The summed E-state index contributed by atoms with van der Waals surface area (Å²) in [6, 6.07) is 5.90. The van der Waals surface area contributed by atoms with Crippen LogP contribution in [0.15, 0.2) is 24.3 Å². The molecule has 0 bridgehead atoms. The first kappa shape index (κ1) is 11.0. The van der Waals surface area contributed by atoms with Crippen LogP contribution < -0.4 is 4.90 Å². The molecule has 0 aromatic heterocycles. The number of hydrogen-bond acceptors (Lipinski definition) is 2. The Labute approximate surface area is 98.4 Å². The fraction of sp³-hybridized carbons (Fsp3) is 0.273. The van der Waals surface area contributed by atoms with Crippen molar-refractivity contribution in [3.8, 4) is 0 Å². The third-order valence-corrected chi connectivity index (χ3v) is 2.99. The smallest absolute Gasteiger partial charge is 0.315 e. The first-order valence-electron chi connectivity index (χ1n) is 4.88. The monoisotopic (exact) mass is 238 g/mol. The van der Waals surface area contributed by atoms with Crippen molar-refractivity contribution in [3.63, 3.8) is 0 Å². The first-order valence-corrected chi connectivity index (χ1v) is 5.26. The Bertz CT molecular complexity index is 424. The van der Waals surface area contributed by atoms with Gasteiger partial charge in [-0.2, -0.15) is 0 Å². The van der Waals surface area contributed by atoms with Gasteiger partial charge in [0.25, 0.3) is 5.91 Å². The molecule has 4 nitrogen and oxygen atoms in total. The number of carbonyl (C=O) groups is 2. The standard InChI is InChI=1S/C11H11ClN2O2/c1-7-10(15)14(11(16)13(7)2)9-5-3-8(12)4-6-9/h3-7H,1-2H3. The highest BCUT2D eigenvalue weighted by Gasteiger charge is 2.40. The predicted octanol–water partition coefficient (Wildman–Crippen LogP) is 2.13. The number of urea groups is 1. The van der Waals surface area contributed by atoms with Crippen molar-refractivity contribution in [2.75, 3.05) is 11.9 Å². The van der Waals surface area contributed by atoms with E-state index in [4.69, 9.17) is 11.6 Å². The van der Waals surface area contributed by atoms with Crippen LogP contribution in [0.1, 0.15) is 6.92 Å². The number of carbonyl (C=O) groups excluding carboxylic acids is 2. The molecule has 1 heterocycles. The summed E-state index contributed by atoms with van der Waals surface area (Å²) in [5.41, 5.74) is 0.551. The number of nitrogens with zero attached hydrogens (tertiary/aromatic N) is 2. The lowest BCUT2D eigenvalue weighted by atomic mass is 10.2. The number of amides is 3. The first-order chi connectivity index (χ1) is 7.52. The molecule has 5 heteroatoms. The van der Waals surface area contributed by atoms with Gasteiger partial charge in [0, 0.05) is 12.1 Å². The van der Waals surface area contributed by atoms with Gasteiger partial charge in [-0.25, -0.2) is 9.69 Å². The second-order valence-corrected chi connectivity index (χ2v) is 4.16. The second-order valence-electron chi connectivity index (χ2n) is 3.72. The molecule has 0 spiro atoms. The van der Waals surface area contributed by atoms with Crippen LogP contribution in [0.4, 0.5) is 10.5 Å². The summed E-state index contributed by atoms with van der Waals surface area (Å²) in [7, 11) is 1.61. The maximum atomic E-state index is 11.8. The largest absolute Gasteiger partial charge is 0.331 e. The lowest BCUT2D eigenvalue weighted by Crippen LogP contribution is -2.31. The fourth-order valence-electron chi connectivity index (χ4n) is 1.60. The van der Waals surface area contributed by atoms with Crippen molar-refractivity contribution in [2.24, 2.45) is 0 Å². The summed E-state index contributed by atoms with van der Waals surface area (Å²) < 4.78 is 0. The van der Waals surface area contributed by atoms with E-state index in [1.807, 2.05) is 0 Å². The molecule has 1 aromatic carbocycles. The normalized spacial score (nSPS) is 20.8. The molecule has 1 aliphatic rings. The summed E-state index contributed by atoms with van der Waals surface area (Å²) in [5, 5.41) is 0.573. The van der Waals surface area contributed by atoms with Crippen LogP contribution in [0.3, 0.4) is 0 Å². The summed E-state index contributed by atoms with van der Waals surface area (Å²) >= 11 is 5.75. The highest BCUT2D eigenvalue weighted by molar-refractivity contribution is 6.30. The molecular formula is C11H11ClN2O2. The Morgan fingerprint density at radius 3 is 2.19 bits per heavy atom. The number of imide groups is 1. The molecule has 0 radical (unpaired) electrons. The minimum Gasteiger partial charge on any atom is -0.315 e. The molecule has 1 saturated heterocycles. The average Bonchev–Trinajstić information content (AvgIpc) is 2.46. The van der Waals surface area contributed by atoms with Crippen LogP contribution in [0.25, 0.3) is 0 Å². The lowest BCUT2D eigenvalue weighted by Gasteiger charge is -2.13. The molecule has 1 atom stereocenters. The van der Waals surface area contributed by atoms with Crippen molar-refractivity contribution in [3.05, 3.63) is 29.3 Å². The van der Waals surface area contributed by atoms with Crippen molar-refractivity contribution in [2.45, 2.75) is 13.0 Å². The van der Waals surface area contributed by atoms with Gasteiger partial charge in [0.15, 0.2) is 0 Å². The van der Waals surface area contributed by atoms with Gasteiger partial charge >= 0.3 is 6.03 Å². The van der Waals surface area contributed by atoms with Crippen LogP contribution in [0.5, 0.6) is 0 Å². The van der Waals surface area contributed by atoms with E-state index in [0.29, 0.717) is 10.7 Å². The number of anilines is 1. The molecule has 1 aliphatic heterocycles. The van der Waals surface area contributed by atoms with Gasteiger partial charge in [-0.15, -0.1) is 0 Å². The van der Waals surface area contributed by atoms with Gasteiger partial charge in [-0.05, 0) is 31.2 Å². The summed E-state index contributed by atoms with van der Waals surface area (Å²) in [6.07, 6.45) is 0. The maximum absolute atomic E-state index is 11.8. The van der Waals surface area contributed by atoms with Crippen molar-refractivity contribution in [1.29, 1.82) is 0 Å². The van der Waals surface area contributed by atoms with Crippen LogP contribution >= 0.6 is 11.6 Å². The van der Waals surface area contributed by atoms with E-state index in [0.717, 1.165) is 0 Å². The van der Waals surface area contributed by atoms with Gasteiger partial charge in [0.05, 0.1) is 5.69 Å². The molecule has 3 amide bonds. The molecule has 16 heavy (non-hydrogen) atoms. The highest BCUT2D eigenvalue weighted by Crippen LogP contribution is 2.25. The number of rotatable bonds is 1. The van der Waals surface area contributed by atoms with E-state index in [2.05, 4.69) is 0 Å². The zero-order chi connectivity index (χ0) is 11.9. The molecule has 0 aliphatic carbocycles. The third-order valence-electron chi connectivity index (χ3n) is 2.74. The summed E-state index contributed by atoms with van der Waals surface area (Å²) in [4.78, 5) is 26.2. The van der Waals surface area contributed by atoms with Crippen LogP contribution in [-0.4, -0.2) is 29.9 Å². The molecule has 1 fully saturated rings. The number of hydrogen-bond donors (Lipinski definition) is 0. The molecule has 0 saturated carbocycles. The Kier molecular flexibility index (Phi) is 2.59. The number of benzene rings is 1. The molecule has 1 aromatic rings. The zero-order valence-electron chi connectivity index (χ0n) is 8.98. The van der Waals surface area contributed by atoms with Crippen LogP contribution in [-0.2, 0) is 4.79 Å². The van der Waals surface area contributed by atoms with Gasteiger partial charge in [0.1, 0.15) is 6.04 Å². The maximum Gasteiger partial charge on any atom is 0.331 e. The van der Waals surface area contributed by atoms with E-state index in [9.17, 15) is 9.59 Å².